The molecule has 0 spiro atoms. The lowest BCUT2D eigenvalue weighted by Crippen LogP contribution is -2.14. The van der Waals surface area contributed by atoms with Crippen molar-refractivity contribution in [3.63, 3.8) is 0 Å². The summed E-state index contributed by atoms with van der Waals surface area (Å²) in [5, 5.41) is 8.17. The zero-order valence-electron chi connectivity index (χ0n) is 6.17. The van der Waals surface area contributed by atoms with Crippen LogP contribution in [0.4, 0.5) is 0 Å². The van der Waals surface area contributed by atoms with E-state index in [1.165, 1.54) is 0 Å². The Hall–Kier alpha value is 0.120. The number of ether oxygens (including phenoxy) is 1. The molecule has 13 heavy (non-hydrogen) atoms. The van der Waals surface area contributed by atoms with Gasteiger partial charge in [-0.2, -0.15) is 0 Å². The minimum absolute atomic E-state index is 0.0236. The van der Waals surface area contributed by atoms with E-state index in [0.717, 1.165) is 6.08 Å². The second-order valence-corrected chi connectivity index (χ2v) is 9.15. The van der Waals surface area contributed by atoms with E-state index in [-0.39, 0.29) is 6.61 Å². The fourth-order valence-corrected chi connectivity index (χ4v) is 0.684. The van der Waals surface area contributed by atoms with Crippen molar-refractivity contribution in [2.45, 2.75) is 2.14 Å². The van der Waals surface area contributed by atoms with Crippen LogP contribution >= 0.6 is 47.8 Å². The number of esters is 1. The molecule has 0 atom stereocenters. The van der Waals surface area contributed by atoms with Crippen LogP contribution in [-0.2, 0) is 14.3 Å². The number of carbonyl (C=O) groups is 2. The van der Waals surface area contributed by atoms with Gasteiger partial charge in [-0.05, 0) is 0 Å². The summed E-state index contributed by atoms with van der Waals surface area (Å²) in [6, 6.07) is 0. The number of halogens is 3. The van der Waals surface area contributed by atoms with Crippen LogP contribution in [0.3, 0.4) is 0 Å². The normalized spacial score (nSPS) is 11.6. The third-order valence-electron chi connectivity index (χ3n) is 0.740. The highest BCUT2D eigenvalue weighted by Gasteiger charge is 2.19. The lowest BCUT2D eigenvalue weighted by molar-refractivity contribution is -0.138. The highest BCUT2D eigenvalue weighted by molar-refractivity contribution is 9.39. The maximum Gasteiger partial charge on any atom is 0.331 e. The zero-order chi connectivity index (χ0) is 10.5. The van der Waals surface area contributed by atoms with Gasteiger partial charge in [-0.3, -0.25) is 0 Å². The minimum atomic E-state index is -1.19. The van der Waals surface area contributed by atoms with E-state index in [1.54, 1.807) is 0 Å². The summed E-state index contributed by atoms with van der Waals surface area (Å²) in [6.07, 6.45) is 1.54. The predicted octanol–water partition coefficient (Wildman–Crippen LogP) is 2.01. The summed E-state index contributed by atoms with van der Waals surface area (Å²) in [5.41, 5.74) is 0. The molecule has 1 N–H and O–H groups in total. The summed E-state index contributed by atoms with van der Waals surface area (Å²) in [4.78, 5) is 20.7. The lowest BCUT2D eigenvalue weighted by atomic mass is 10.5. The Morgan fingerprint density at radius 1 is 1.31 bits per heavy atom. The molecule has 74 valence electrons. The van der Waals surface area contributed by atoms with E-state index >= 15 is 0 Å². The quantitative estimate of drug-likeness (QED) is 0.462. The van der Waals surface area contributed by atoms with Gasteiger partial charge in [-0.15, -0.1) is 0 Å². The third-order valence-corrected chi connectivity index (χ3v) is 1.43. The van der Waals surface area contributed by atoms with Crippen molar-refractivity contribution in [2.24, 2.45) is 0 Å². The molecule has 0 unspecified atom stereocenters. The third kappa shape index (κ3) is 10.0. The van der Waals surface area contributed by atoms with Crippen molar-refractivity contribution in [2.75, 3.05) is 6.61 Å². The second kappa shape index (κ2) is 5.77. The Kier molecular flexibility index (Phi) is 5.82. The van der Waals surface area contributed by atoms with Crippen molar-refractivity contribution >= 4 is 59.7 Å². The first-order valence-corrected chi connectivity index (χ1v) is 5.33. The first-order valence-electron chi connectivity index (χ1n) is 2.96. The molecule has 0 radical (unpaired) electrons. The second-order valence-electron chi connectivity index (χ2n) is 1.89. The Bertz CT molecular complexity index is 231. The van der Waals surface area contributed by atoms with Crippen LogP contribution in [0.5, 0.6) is 0 Å². The fourth-order valence-electron chi connectivity index (χ4n) is 0.340. The summed E-state index contributed by atoms with van der Waals surface area (Å²) >= 11 is 9.31. The molecule has 0 amide bonds. The van der Waals surface area contributed by atoms with Crippen LogP contribution in [0.2, 0.25) is 0 Å². The summed E-state index contributed by atoms with van der Waals surface area (Å²) in [5.74, 6) is -1.91. The van der Waals surface area contributed by atoms with Crippen molar-refractivity contribution in [1.29, 1.82) is 0 Å². The number of rotatable bonds is 3. The van der Waals surface area contributed by atoms with Gasteiger partial charge < -0.3 is 9.84 Å². The molecule has 0 aromatic rings. The van der Waals surface area contributed by atoms with Crippen molar-refractivity contribution in [3.05, 3.63) is 12.2 Å². The Labute approximate surface area is 99.7 Å². The molecule has 0 aromatic heterocycles. The standard InChI is InChI=1S/C6H5Br3O4/c7-6(8,9)3-13-5(12)2-1-4(10)11/h1-2H,3H2,(H,10,11)/b2-1-. The van der Waals surface area contributed by atoms with Gasteiger partial charge in [0, 0.05) is 12.2 Å². The van der Waals surface area contributed by atoms with Gasteiger partial charge in [0.15, 0.2) is 2.14 Å². The molecule has 0 aliphatic rings. The number of alkyl halides is 3. The van der Waals surface area contributed by atoms with Gasteiger partial charge in [0.2, 0.25) is 0 Å². The lowest BCUT2D eigenvalue weighted by Gasteiger charge is -2.10. The van der Waals surface area contributed by atoms with Crippen molar-refractivity contribution in [1.82, 2.24) is 0 Å². The summed E-state index contributed by atoms with van der Waals surface area (Å²) in [6.45, 7) is 0.0236. The number of hydrogen-bond acceptors (Lipinski definition) is 3. The molecule has 4 nitrogen and oxygen atoms in total. The topological polar surface area (TPSA) is 63.6 Å². The summed E-state index contributed by atoms with van der Waals surface area (Å²) in [7, 11) is 0. The zero-order valence-corrected chi connectivity index (χ0v) is 10.9. The van der Waals surface area contributed by atoms with Gasteiger partial charge in [-0.1, -0.05) is 47.8 Å². The number of hydrogen-bond donors (Lipinski definition) is 1. The first-order chi connectivity index (χ1) is 5.81. The van der Waals surface area contributed by atoms with Gasteiger partial charge in [-0.25, -0.2) is 9.59 Å². The maximum atomic E-state index is 10.8. The fraction of sp³-hybridized carbons (Fsp3) is 0.333. The van der Waals surface area contributed by atoms with Crippen LogP contribution in [0, 0.1) is 0 Å². The van der Waals surface area contributed by atoms with E-state index in [1.807, 2.05) is 0 Å². The van der Waals surface area contributed by atoms with Crippen molar-refractivity contribution < 1.29 is 19.4 Å². The van der Waals surface area contributed by atoms with Crippen molar-refractivity contribution in [3.8, 4) is 0 Å². The molecular formula is C6H5Br3O4. The van der Waals surface area contributed by atoms with Gasteiger partial charge >= 0.3 is 11.9 Å². The van der Waals surface area contributed by atoms with Crippen LogP contribution < -0.4 is 0 Å². The molecule has 0 saturated heterocycles. The van der Waals surface area contributed by atoms with Crippen LogP contribution in [0.25, 0.3) is 0 Å². The average Bonchev–Trinajstić information content (AvgIpc) is 1.95. The Balaban J connectivity index is 3.83. The molecule has 0 rings (SSSR count). The van der Waals surface area contributed by atoms with Crippen LogP contribution in [0.15, 0.2) is 12.2 Å². The van der Waals surface area contributed by atoms with E-state index in [2.05, 4.69) is 52.5 Å². The van der Waals surface area contributed by atoms with Crippen LogP contribution in [-0.4, -0.2) is 25.8 Å². The largest absolute Gasteiger partial charge is 0.478 e. The number of carboxylic acid groups (broad SMARTS) is 1. The predicted molar refractivity (Wildman–Crippen MR) is 57.2 cm³/mol. The van der Waals surface area contributed by atoms with E-state index in [9.17, 15) is 9.59 Å². The molecule has 0 heterocycles. The van der Waals surface area contributed by atoms with Crippen LogP contribution in [0.1, 0.15) is 0 Å². The monoisotopic (exact) mass is 378 g/mol. The molecular weight excluding hydrogens is 376 g/mol. The van der Waals surface area contributed by atoms with E-state index in [0.29, 0.717) is 6.08 Å². The Morgan fingerprint density at radius 3 is 2.23 bits per heavy atom. The number of aliphatic carboxylic acids is 1. The SMILES string of the molecule is O=C(O)/C=C\C(=O)OCC(Br)(Br)Br. The number of carboxylic acids is 1. The maximum absolute atomic E-state index is 10.8. The van der Waals surface area contributed by atoms with Gasteiger partial charge in [0.1, 0.15) is 6.61 Å². The molecule has 0 aromatic carbocycles. The highest BCUT2D eigenvalue weighted by Crippen LogP contribution is 2.33. The molecule has 0 aliphatic carbocycles. The summed E-state index contributed by atoms with van der Waals surface area (Å²) < 4.78 is 3.96. The molecule has 0 saturated carbocycles. The minimum Gasteiger partial charge on any atom is -0.478 e. The molecule has 0 aliphatic heterocycles. The van der Waals surface area contributed by atoms with E-state index in [4.69, 9.17) is 5.11 Å². The molecule has 7 heteroatoms. The first kappa shape index (κ1) is 13.1. The number of carbonyl (C=O) groups excluding carboxylic acids is 1. The van der Waals surface area contributed by atoms with E-state index < -0.39 is 14.1 Å². The average molecular weight is 381 g/mol. The Morgan fingerprint density at radius 2 is 1.85 bits per heavy atom. The van der Waals surface area contributed by atoms with Gasteiger partial charge in [0.05, 0.1) is 0 Å². The highest BCUT2D eigenvalue weighted by atomic mass is 80.0. The molecule has 0 fully saturated rings. The molecule has 0 bridgehead atoms. The van der Waals surface area contributed by atoms with Gasteiger partial charge in [0.25, 0.3) is 0 Å². The smallest absolute Gasteiger partial charge is 0.331 e.